The Morgan fingerprint density at radius 3 is 2.38 bits per heavy atom. The molecule has 16 heavy (non-hydrogen) atoms. The lowest BCUT2D eigenvalue weighted by atomic mass is 10.3. The van der Waals surface area contributed by atoms with E-state index < -0.39 is 0 Å². The van der Waals surface area contributed by atoms with Crippen LogP contribution in [0.1, 0.15) is 10.4 Å². The number of amides is 1. The van der Waals surface area contributed by atoms with Gasteiger partial charge in [-0.15, -0.1) is 0 Å². The molecule has 0 aliphatic carbocycles. The normalized spacial score (nSPS) is 10.1. The summed E-state index contributed by atoms with van der Waals surface area (Å²) in [7, 11) is 0. The molecule has 1 aromatic carbocycles. The number of benzene rings is 1. The smallest absolute Gasteiger partial charge is 0.260 e. The van der Waals surface area contributed by atoms with E-state index in [1.807, 2.05) is 24.3 Å². The molecule has 0 bridgehead atoms. The minimum atomic E-state index is -0.206. The maximum absolute atomic E-state index is 11.8. The van der Waals surface area contributed by atoms with Crippen LogP contribution >= 0.6 is 31.9 Å². The van der Waals surface area contributed by atoms with E-state index in [9.17, 15) is 4.79 Å². The minimum Gasteiger partial charge on any atom is -0.457 e. The number of anilines is 1. The second-order valence-electron chi connectivity index (χ2n) is 3.07. The molecule has 0 fully saturated rings. The molecule has 1 heterocycles. The Labute approximate surface area is 109 Å². The van der Waals surface area contributed by atoms with Crippen LogP contribution in [0.4, 0.5) is 5.69 Å². The second kappa shape index (κ2) is 4.84. The standard InChI is InChI=1S/C11H7Br2NO2/c12-7-1-3-8(4-2-7)14-11(15)9-5-6-16-10(9)13/h1-6H,(H,14,15). The van der Waals surface area contributed by atoms with Crippen molar-refractivity contribution < 1.29 is 9.21 Å². The van der Waals surface area contributed by atoms with Crippen molar-refractivity contribution in [3.05, 3.63) is 51.3 Å². The predicted octanol–water partition coefficient (Wildman–Crippen LogP) is 4.06. The van der Waals surface area contributed by atoms with E-state index in [1.165, 1.54) is 6.26 Å². The second-order valence-corrected chi connectivity index (χ2v) is 4.70. The zero-order valence-electron chi connectivity index (χ0n) is 8.04. The van der Waals surface area contributed by atoms with Gasteiger partial charge in [0.15, 0.2) is 4.67 Å². The summed E-state index contributed by atoms with van der Waals surface area (Å²) in [5, 5.41) is 2.76. The lowest BCUT2D eigenvalue weighted by Crippen LogP contribution is -2.11. The van der Waals surface area contributed by atoms with Gasteiger partial charge in [-0.3, -0.25) is 4.79 Å². The first-order valence-electron chi connectivity index (χ1n) is 4.47. The third kappa shape index (κ3) is 2.54. The van der Waals surface area contributed by atoms with Gasteiger partial charge in [-0.05, 0) is 46.3 Å². The topological polar surface area (TPSA) is 42.2 Å². The molecule has 0 radical (unpaired) electrons. The van der Waals surface area contributed by atoms with E-state index >= 15 is 0 Å². The van der Waals surface area contributed by atoms with Crippen molar-refractivity contribution in [2.45, 2.75) is 0 Å². The molecule has 3 nitrogen and oxygen atoms in total. The number of hydrogen-bond acceptors (Lipinski definition) is 2. The minimum absolute atomic E-state index is 0.206. The van der Waals surface area contributed by atoms with E-state index in [-0.39, 0.29) is 5.91 Å². The van der Waals surface area contributed by atoms with E-state index in [2.05, 4.69) is 37.2 Å². The Bertz CT molecular complexity index is 505. The van der Waals surface area contributed by atoms with E-state index in [1.54, 1.807) is 6.07 Å². The molecule has 1 amide bonds. The first-order valence-corrected chi connectivity index (χ1v) is 6.05. The molecule has 82 valence electrons. The first kappa shape index (κ1) is 11.4. The number of nitrogens with one attached hydrogen (secondary N) is 1. The van der Waals surface area contributed by atoms with Crippen LogP contribution in [0.3, 0.4) is 0 Å². The number of rotatable bonds is 2. The number of hydrogen-bond donors (Lipinski definition) is 1. The molecule has 0 aliphatic rings. The zero-order valence-corrected chi connectivity index (χ0v) is 11.2. The van der Waals surface area contributed by atoms with Crippen LogP contribution in [0, 0.1) is 0 Å². The van der Waals surface area contributed by atoms with Gasteiger partial charge in [0.25, 0.3) is 5.91 Å². The van der Waals surface area contributed by atoms with Crippen molar-refractivity contribution in [2.24, 2.45) is 0 Å². The number of carbonyl (C=O) groups is 1. The van der Waals surface area contributed by atoms with Gasteiger partial charge in [0, 0.05) is 10.2 Å². The van der Waals surface area contributed by atoms with Gasteiger partial charge in [0.1, 0.15) is 0 Å². The molecular weight excluding hydrogens is 338 g/mol. The summed E-state index contributed by atoms with van der Waals surface area (Å²) in [6.07, 6.45) is 1.46. The molecule has 0 saturated carbocycles. The van der Waals surface area contributed by atoms with Crippen LogP contribution in [0.5, 0.6) is 0 Å². The molecule has 0 saturated heterocycles. The molecule has 0 atom stereocenters. The van der Waals surface area contributed by atoms with Crippen LogP contribution in [-0.2, 0) is 0 Å². The van der Waals surface area contributed by atoms with Crippen LogP contribution in [0.2, 0.25) is 0 Å². The highest BCUT2D eigenvalue weighted by molar-refractivity contribution is 9.10. The van der Waals surface area contributed by atoms with Crippen LogP contribution < -0.4 is 5.32 Å². The quantitative estimate of drug-likeness (QED) is 0.892. The third-order valence-electron chi connectivity index (χ3n) is 1.96. The molecule has 2 aromatic rings. The van der Waals surface area contributed by atoms with Crippen LogP contribution in [-0.4, -0.2) is 5.91 Å². The van der Waals surface area contributed by atoms with E-state index in [0.717, 1.165) is 10.2 Å². The van der Waals surface area contributed by atoms with Crippen molar-refractivity contribution in [2.75, 3.05) is 5.32 Å². The van der Waals surface area contributed by atoms with Gasteiger partial charge >= 0.3 is 0 Å². The molecule has 0 unspecified atom stereocenters. The van der Waals surface area contributed by atoms with Crippen molar-refractivity contribution in [1.29, 1.82) is 0 Å². The van der Waals surface area contributed by atoms with Crippen molar-refractivity contribution in [1.82, 2.24) is 0 Å². The Kier molecular flexibility index (Phi) is 3.46. The molecule has 2 rings (SSSR count). The van der Waals surface area contributed by atoms with Gasteiger partial charge < -0.3 is 9.73 Å². The van der Waals surface area contributed by atoms with Crippen molar-refractivity contribution in [3.8, 4) is 0 Å². The van der Waals surface area contributed by atoms with Crippen LogP contribution in [0.25, 0.3) is 0 Å². The average molecular weight is 345 g/mol. The highest BCUT2D eigenvalue weighted by Gasteiger charge is 2.12. The first-order chi connectivity index (χ1) is 7.66. The van der Waals surface area contributed by atoms with E-state index in [0.29, 0.717) is 10.2 Å². The summed E-state index contributed by atoms with van der Waals surface area (Å²) < 4.78 is 6.39. The number of furan rings is 1. The van der Waals surface area contributed by atoms with Crippen LogP contribution in [0.15, 0.2) is 50.2 Å². The molecular formula is C11H7Br2NO2. The van der Waals surface area contributed by atoms with Crippen molar-refractivity contribution >= 4 is 43.5 Å². The summed E-state index contributed by atoms with van der Waals surface area (Å²) >= 11 is 6.48. The SMILES string of the molecule is O=C(Nc1ccc(Br)cc1)c1ccoc1Br. The average Bonchev–Trinajstić information content (AvgIpc) is 2.68. The highest BCUT2D eigenvalue weighted by Crippen LogP contribution is 2.20. The van der Waals surface area contributed by atoms with Gasteiger partial charge in [-0.1, -0.05) is 15.9 Å². The maximum atomic E-state index is 11.8. The van der Waals surface area contributed by atoms with Gasteiger partial charge in [-0.25, -0.2) is 0 Å². The fourth-order valence-electron chi connectivity index (χ4n) is 1.19. The molecule has 0 spiro atoms. The van der Waals surface area contributed by atoms with Crippen molar-refractivity contribution in [3.63, 3.8) is 0 Å². The molecule has 0 aliphatic heterocycles. The molecule has 5 heteroatoms. The maximum Gasteiger partial charge on any atom is 0.260 e. The summed E-state index contributed by atoms with van der Waals surface area (Å²) in [5.41, 5.74) is 1.21. The summed E-state index contributed by atoms with van der Waals surface area (Å²) in [6, 6.07) is 8.96. The number of carbonyl (C=O) groups excluding carboxylic acids is 1. The lowest BCUT2D eigenvalue weighted by molar-refractivity contribution is 0.102. The zero-order chi connectivity index (χ0) is 11.5. The summed E-state index contributed by atoms with van der Waals surface area (Å²) in [4.78, 5) is 11.8. The third-order valence-corrected chi connectivity index (χ3v) is 3.11. The fourth-order valence-corrected chi connectivity index (χ4v) is 1.87. The van der Waals surface area contributed by atoms with Gasteiger partial charge in [0.2, 0.25) is 0 Å². The highest BCUT2D eigenvalue weighted by atomic mass is 79.9. The Balaban J connectivity index is 2.14. The number of halogens is 2. The largest absolute Gasteiger partial charge is 0.457 e. The summed E-state index contributed by atoms with van der Waals surface area (Å²) in [6.45, 7) is 0. The lowest BCUT2D eigenvalue weighted by Gasteiger charge is -2.03. The Morgan fingerprint density at radius 2 is 1.81 bits per heavy atom. The predicted molar refractivity (Wildman–Crippen MR) is 68.5 cm³/mol. The van der Waals surface area contributed by atoms with Gasteiger partial charge in [0.05, 0.1) is 11.8 Å². The Morgan fingerprint density at radius 1 is 1.12 bits per heavy atom. The fraction of sp³-hybridized carbons (Fsp3) is 0. The monoisotopic (exact) mass is 343 g/mol. The molecule has 1 aromatic heterocycles. The Hall–Kier alpha value is -1.07. The van der Waals surface area contributed by atoms with E-state index in [4.69, 9.17) is 4.42 Å². The summed E-state index contributed by atoms with van der Waals surface area (Å²) in [5.74, 6) is -0.206. The van der Waals surface area contributed by atoms with Gasteiger partial charge in [-0.2, -0.15) is 0 Å². The molecule has 1 N–H and O–H groups in total.